The molecule has 1 amide bonds. The fourth-order valence-electron chi connectivity index (χ4n) is 3.00. The van der Waals surface area contributed by atoms with Crippen molar-refractivity contribution in [3.8, 4) is 5.75 Å². The zero-order valence-corrected chi connectivity index (χ0v) is 16.0. The van der Waals surface area contributed by atoms with Crippen LogP contribution in [0.15, 0.2) is 42.5 Å². The van der Waals surface area contributed by atoms with Gasteiger partial charge in [-0.05, 0) is 50.1 Å². The van der Waals surface area contributed by atoms with Gasteiger partial charge in [0, 0.05) is 25.3 Å². The number of imidazole rings is 1. The first-order chi connectivity index (χ1) is 13.1. The van der Waals surface area contributed by atoms with Gasteiger partial charge in [-0.2, -0.15) is 0 Å². The van der Waals surface area contributed by atoms with E-state index in [1.165, 1.54) is 0 Å². The lowest BCUT2D eigenvalue weighted by atomic mass is 10.1. The van der Waals surface area contributed by atoms with E-state index in [1.54, 1.807) is 19.2 Å². The fourth-order valence-corrected chi connectivity index (χ4v) is 3.00. The summed E-state index contributed by atoms with van der Waals surface area (Å²) < 4.78 is 12.8. The van der Waals surface area contributed by atoms with Crippen molar-refractivity contribution in [3.05, 3.63) is 53.6 Å². The number of aryl methyl sites for hydroxylation is 2. The van der Waals surface area contributed by atoms with Crippen LogP contribution in [0.2, 0.25) is 0 Å². The Morgan fingerprint density at radius 3 is 2.81 bits per heavy atom. The van der Waals surface area contributed by atoms with Gasteiger partial charge in [-0.1, -0.05) is 18.2 Å². The molecule has 6 nitrogen and oxygen atoms in total. The lowest BCUT2D eigenvalue weighted by molar-refractivity contribution is 0.102. The van der Waals surface area contributed by atoms with Gasteiger partial charge in [0.05, 0.1) is 18.1 Å². The quantitative estimate of drug-likeness (QED) is 0.611. The number of fused-ring (bicyclic) bond motifs is 1. The molecule has 0 aliphatic rings. The number of para-hydroxylation sites is 2. The van der Waals surface area contributed by atoms with Crippen LogP contribution in [0.5, 0.6) is 5.75 Å². The summed E-state index contributed by atoms with van der Waals surface area (Å²) in [5, 5.41) is 2.94. The maximum Gasteiger partial charge on any atom is 0.258 e. The highest BCUT2D eigenvalue weighted by Gasteiger charge is 2.15. The topological polar surface area (TPSA) is 65.4 Å². The number of benzene rings is 2. The number of nitrogens with zero attached hydrogens (tertiary/aromatic N) is 2. The lowest BCUT2D eigenvalue weighted by Gasteiger charge is -2.11. The Kier molecular flexibility index (Phi) is 6.08. The molecule has 0 spiro atoms. The molecule has 2 aromatic carbocycles. The molecule has 0 aliphatic carbocycles. The Bertz CT molecular complexity index is 934. The molecule has 6 heteroatoms. The smallest absolute Gasteiger partial charge is 0.258 e. The van der Waals surface area contributed by atoms with E-state index in [0.717, 1.165) is 23.0 Å². The Morgan fingerprint density at radius 2 is 2.04 bits per heavy atom. The minimum Gasteiger partial charge on any atom is -0.496 e. The van der Waals surface area contributed by atoms with E-state index in [2.05, 4.69) is 10.3 Å². The standard InChI is InChI=1S/C21H25N3O3/c1-4-27-13-7-12-24-18-9-6-5-8-17(18)22-21(24)23-20(25)16-11-10-15(2)19(14-16)26-3/h5-6,8-11,14H,4,7,12-13H2,1-3H3,(H,22,23,25). The number of amides is 1. The summed E-state index contributed by atoms with van der Waals surface area (Å²) in [5.41, 5.74) is 3.36. The molecule has 0 saturated carbocycles. The fraction of sp³-hybridized carbons (Fsp3) is 0.333. The van der Waals surface area contributed by atoms with E-state index in [0.29, 0.717) is 37.0 Å². The van der Waals surface area contributed by atoms with Crippen LogP contribution in [0.25, 0.3) is 11.0 Å². The number of carbonyl (C=O) groups excluding carboxylic acids is 1. The molecule has 0 saturated heterocycles. The van der Waals surface area contributed by atoms with Gasteiger partial charge in [0.25, 0.3) is 5.91 Å². The highest BCUT2D eigenvalue weighted by atomic mass is 16.5. The summed E-state index contributed by atoms with van der Waals surface area (Å²) in [6.45, 7) is 6.01. The Labute approximate surface area is 159 Å². The van der Waals surface area contributed by atoms with Gasteiger partial charge in [-0.25, -0.2) is 4.98 Å². The molecule has 0 radical (unpaired) electrons. The number of anilines is 1. The zero-order chi connectivity index (χ0) is 19.2. The van der Waals surface area contributed by atoms with Gasteiger partial charge in [0.2, 0.25) is 5.95 Å². The van der Waals surface area contributed by atoms with E-state index >= 15 is 0 Å². The van der Waals surface area contributed by atoms with Crippen molar-refractivity contribution in [1.29, 1.82) is 0 Å². The van der Waals surface area contributed by atoms with Gasteiger partial charge < -0.3 is 14.0 Å². The number of carbonyl (C=O) groups is 1. The monoisotopic (exact) mass is 367 g/mol. The molecule has 0 atom stereocenters. The van der Waals surface area contributed by atoms with E-state index < -0.39 is 0 Å². The molecule has 0 aliphatic heterocycles. The highest BCUT2D eigenvalue weighted by molar-refractivity contribution is 6.04. The number of aromatic nitrogens is 2. The number of nitrogens with one attached hydrogen (secondary N) is 1. The molecule has 142 valence electrons. The van der Waals surface area contributed by atoms with E-state index in [9.17, 15) is 4.79 Å². The molecule has 0 fully saturated rings. The summed E-state index contributed by atoms with van der Waals surface area (Å²) in [4.78, 5) is 17.4. The van der Waals surface area contributed by atoms with Crippen molar-refractivity contribution in [1.82, 2.24) is 9.55 Å². The summed E-state index contributed by atoms with van der Waals surface area (Å²) in [7, 11) is 1.60. The van der Waals surface area contributed by atoms with Gasteiger partial charge in [-0.3, -0.25) is 10.1 Å². The van der Waals surface area contributed by atoms with Crippen molar-refractivity contribution in [2.24, 2.45) is 0 Å². The average Bonchev–Trinajstić information content (AvgIpc) is 3.02. The molecule has 3 aromatic rings. The predicted octanol–water partition coefficient (Wildman–Crippen LogP) is 4.03. The Morgan fingerprint density at radius 1 is 1.22 bits per heavy atom. The van der Waals surface area contributed by atoms with Crippen LogP contribution < -0.4 is 10.1 Å². The van der Waals surface area contributed by atoms with Crippen LogP contribution in [-0.4, -0.2) is 35.8 Å². The van der Waals surface area contributed by atoms with Crippen LogP contribution in [0.4, 0.5) is 5.95 Å². The SMILES string of the molecule is CCOCCCn1c(NC(=O)c2ccc(C)c(OC)c2)nc2ccccc21. The zero-order valence-electron chi connectivity index (χ0n) is 16.0. The second-order valence-corrected chi connectivity index (χ2v) is 6.26. The van der Waals surface area contributed by atoms with Gasteiger partial charge in [0.15, 0.2) is 0 Å². The second-order valence-electron chi connectivity index (χ2n) is 6.26. The number of ether oxygens (including phenoxy) is 2. The van der Waals surface area contributed by atoms with E-state index in [4.69, 9.17) is 9.47 Å². The van der Waals surface area contributed by atoms with Gasteiger partial charge >= 0.3 is 0 Å². The van der Waals surface area contributed by atoms with E-state index in [-0.39, 0.29) is 5.91 Å². The second kappa shape index (κ2) is 8.68. The summed E-state index contributed by atoms with van der Waals surface area (Å²) in [6.07, 6.45) is 0.843. The van der Waals surface area contributed by atoms with Crippen molar-refractivity contribution in [2.45, 2.75) is 26.8 Å². The molecular weight excluding hydrogens is 342 g/mol. The first-order valence-corrected chi connectivity index (χ1v) is 9.13. The first kappa shape index (κ1) is 18.9. The molecule has 1 heterocycles. The molecule has 3 rings (SSSR count). The molecule has 0 unspecified atom stereocenters. The third-order valence-corrected chi connectivity index (χ3v) is 4.42. The molecular formula is C21H25N3O3. The van der Waals surface area contributed by atoms with Crippen molar-refractivity contribution in [2.75, 3.05) is 25.6 Å². The lowest BCUT2D eigenvalue weighted by Crippen LogP contribution is -2.16. The first-order valence-electron chi connectivity index (χ1n) is 9.13. The van der Waals surface area contributed by atoms with Crippen molar-refractivity contribution >= 4 is 22.9 Å². The van der Waals surface area contributed by atoms with Crippen LogP contribution >= 0.6 is 0 Å². The summed E-state index contributed by atoms with van der Waals surface area (Å²) >= 11 is 0. The minimum atomic E-state index is -0.213. The predicted molar refractivity (Wildman–Crippen MR) is 107 cm³/mol. The number of methoxy groups -OCH3 is 1. The molecule has 1 aromatic heterocycles. The minimum absolute atomic E-state index is 0.213. The number of hydrogen-bond acceptors (Lipinski definition) is 4. The van der Waals surface area contributed by atoms with Gasteiger partial charge in [-0.15, -0.1) is 0 Å². The maximum absolute atomic E-state index is 12.8. The maximum atomic E-state index is 12.8. The summed E-state index contributed by atoms with van der Waals surface area (Å²) in [6, 6.07) is 13.3. The molecule has 27 heavy (non-hydrogen) atoms. The average molecular weight is 367 g/mol. The van der Waals surface area contributed by atoms with Crippen molar-refractivity contribution in [3.63, 3.8) is 0 Å². The highest BCUT2D eigenvalue weighted by Crippen LogP contribution is 2.22. The molecule has 1 N–H and O–H groups in total. The molecule has 0 bridgehead atoms. The number of hydrogen-bond donors (Lipinski definition) is 1. The largest absolute Gasteiger partial charge is 0.496 e. The van der Waals surface area contributed by atoms with Crippen LogP contribution in [0.3, 0.4) is 0 Å². The van der Waals surface area contributed by atoms with Crippen molar-refractivity contribution < 1.29 is 14.3 Å². The Hall–Kier alpha value is -2.86. The normalized spacial score (nSPS) is 10.9. The third-order valence-electron chi connectivity index (χ3n) is 4.42. The Balaban J connectivity index is 1.86. The third kappa shape index (κ3) is 4.28. The van der Waals surface area contributed by atoms with Crippen LogP contribution in [0.1, 0.15) is 29.3 Å². The van der Waals surface area contributed by atoms with Crippen LogP contribution in [0, 0.1) is 6.92 Å². The number of rotatable bonds is 8. The van der Waals surface area contributed by atoms with Crippen LogP contribution in [-0.2, 0) is 11.3 Å². The summed E-state index contributed by atoms with van der Waals surface area (Å²) in [5.74, 6) is 1.01. The van der Waals surface area contributed by atoms with E-state index in [1.807, 2.05) is 48.7 Å². The van der Waals surface area contributed by atoms with Gasteiger partial charge in [0.1, 0.15) is 5.75 Å².